The second-order valence-electron chi connectivity index (χ2n) is 10.3. The molecule has 2 aromatic rings. The average molecular weight is 397 g/mol. The monoisotopic (exact) mass is 396 g/mol. The molecule has 0 spiro atoms. The van der Waals surface area contributed by atoms with Crippen LogP contribution < -0.4 is 0 Å². The van der Waals surface area contributed by atoms with Crippen LogP contribution in [0.1, 0.15) is 107 Å². The molecular formula is C27H40O2. The molecule has 0 aliphatic carbocycles. The molecule has 2 nitrogen and oxygen atoms in total. The van der Waals surface area contributed by atoms with Crippen LogP contribution in [0.4, 0.5) is 0 Å². The van der Waals surface area contributed by atoms with Crippen LogP contribution in [0, 0.1) is 13.8 Å². The summed E-state index contributed by atoms with van der Waals surface area (Å²) in [5, 5.41) is 21.2. The molecule has 160 valence electrons. The molecule has 2 N–H and O–H groups in total. The molecule has 2 rings (SSSR count). The molecule has 1 atom stereocenters. The summed E-state index contributed by atoms with van der Waals surface area (Å²) in [5.74, 6) is 1.02. The maximum atomic E-state index is 10.7. The molecule has 0 saturated carbocycles. The van der Waals surface area contributed by atoms with Crippen molar-refractivity contribution in [2.75, 3.05) is 0 Å². The zero-order chi connectivity index (χ0) is 22.1. The highest BCUT2D eigenvalue weighted by molar-refractivity contribution is 5.52. The van der Waals surface area contributed by atoms with E-state index >= 15 is 0 Å². The predicted molar refractivity (Wildman–Crippen MR) is 124 cm³/mol. The molecule has 0 radical (unpaired) electrons. The van der Waals surface area contributed by atoms with E-state index in [0.29, 0.717) is 11.5 Å². The van der Waals surface area contributed by atoms with Crippen molar-refractivity contribution in [3.63, 3.8) is 0 Å². The lowest BCUT2D eigenvalue weighted by Crippen LogP contribution is -2.18. The first kappa shape index (κ1) is 23.3. The first-order chi connectivity index (χ1) is 13.3. The van der Waals surface area contributed by atoms with Gasteiger partial charge in [-0.1, -0.05) is 67.0 Å². The molecule has 0 amide bonds. The number of phenolic OH excluding ortho intramolecular Hbond substituents is 2. The Labute approximate surface area is 178 Å². The summed E-state index contributed by atoms with van der Waals surface area (Å²) in [7, 11) is 0. The number of aryl methyl sites for hydroxylation is 2. The number of benzene rings is 2. The van der Waals surface area contributed by atoms with Crippen molar-refractivity contribution >= 4 is 0 Å². The minimum absolute atomic E-state index is 0.0795. The smallest absolute Gasteiger partial charge is 0.119 e. The third kappa shape index (κ3) is 4.79. The van der Waals surface area contributed by atoms with E-state index in [2.05, 4.69) is 74.4 Å². The molecular weight excluding hydrogens is 356 g/mol. The summed E-state index contributed by atoms with van der Waals surface area (Å²) in [6, 6.07) is 8.30. The standard InChI is InChI=1S/C27H40O2/c1-10-12-19(20-15-22(26(5,6)7)24(28)13-17(20)3)21-16-23(27(8,9)11-2)25(29)14-18(21)4/h13-16,19,28-29H,10-12H2,1-9H3. The Bertz CT molecular complexity index is 869. The van der Waals surface area contributed by atoms with Crippen molar-refractivity contribution in [2.24, 2.45) is 0 Å². The second-order valence-corrected chi connectivity index (χ2v) is 10.3. The zero-order valence-electron chi connectivity index (χ0n) is 19.9. The summed E-state index contributed by atoms with van der Waals surface area (Å²) < 4.78 is 0. The number of rotatable bonds is 6. The first-order valence-electron chi connectivity index (χ1n) is 11.0. The van der Waals surface area contributed by atoms with Crippen molar-refractivity contribution < 1.29 is 10.2 Å². The highest BCUT2D eigenvalue weighted by atomic mass is 16.3. The van der Waals surface area contributed by atoms with Crippen LogP contribution in [0.25, 0.3) is 0 Å². The molecule has 0 aromatic heterocycles. The van der Waals surface area contributed by atoms with E-state index in [9.17, 15) is 10.2 Å². The first-order valence-corrected chi connectivity index (χ1v) is 11.0. The van der Waals surface area contributed by atoms with Crippen molar-refractivity contribution in [3.05, 3.63) is 57.6 Å². The molecule has 0 aliphatic rings. The predicted octanol–water partition coefficient (Wildman–Crippen LogP) is 7.63. The van der Waals surface area contributed by atoms with Gasteiger partial charge in [-0.2, -0.15) is 0 Å². The van der Waals surface area contributed by atoms with Crippen LogP contribution in [0.2, 0.25) is 0 Å². The van der Waals surface area contributed by atoms with Gasteiger partial charge in [0, 0.05) is 5.92 Å². The molecule has 0 aliphatic heterocycles. The molecule has 0 bridgehead atoms. The van der Waals surface area contributed by atoms with Crippen LogP contribution in [0.15, 0.2) is 24.3 Å². The molecule has 0 heterocycles. The van der Waals surface area contributed by atoms with Crippen LogP contribution >= 0.6 is 0 Å². The summed E-state index contributed by atoms with van der Waals surface area (Å²) in [6.45, 7) is 19.4. The fourth-order valence-corrected chi connectivity index (χ4v) is 4.27. The maximum Gasteiger partial charge on any atom is 0.119 e. The van der Waals surface area contributed by atoms with Gasteiger partial charge in [0.1, 0.15) is 11.5 Å². The van der Waals surface area contributed by atoms with Gasteiger partial charge in [-0.25, -0.2) is 0 Å². The fraction of sp³-hybridized carbons (Fsp3) is 0.556. The Hall–Kier alpha value is -1.96. The molecule has 2 aromatic carbocycles. The normalized spacial score (nSPS) is 13.6. The average Bonchev–Trinajstić information content (AvgIpc) is 2.59. The Morgan fingerprint density at radius 1 is 0.759 bits per heavy atom. The highest BCUT2D eigenvalue weighted by Crippen LogP contribution is 2.43. The van der Waals surface area contributed by atoms with Crippen LogP contribution in [0.5, 0.6) is 11.5 Å². The van der Waals surface area contributed by atoms with E-state index in [1.807, 2.05) is 12.1 Å². The van der Waals surface area contributed by atoms with Gasteiger partial charge in [0.15, 0.2) is 0 Å². The number of hydrogen-bond acceptors (Lipinski definition) is 2. The summed E-state index contributed by atoms with van der Waals surface area (Å²) in [4.78, 5) is 0. The Morgan fingerprint density at radius 3 is 1.62 bits per heavy atom. The van der Waals surface area contributed by atoms with Gasteiger partial charge in [0.25, 0.3) is 0 Å². The summed E-state index contributed by atoms with van der Waals surface area (Å²) in [6.07, 6.45) is 3.07. The van der Waals surface area contributed by atoms with Crippen molar-refractivity contribution in [1.29, 1.82) is 0 Å². The van der Waals surface area contributed by atoms with Crippen molar-refractivity contribution in [2.45, 2.75) is 98.3 Å². The summed E-state index contributed by atoms with van der Waals surface area (Å²) >= 11 is 0. The van der Waals surface area contributed by atoms with Crippen LogP contribution in [0.3, 0.4) is 0 Å². The largest absolute Gasteiger partial charge is 0.508 e. The molecule has 0 saturated heterocycles. The minimum atomic E-state index is -0.122. The van der Waals surface area contributed by atoms with E-state index in [0.717, 1.165) is 41.5 Å². The van der Waals surface area contributed by atoms with E-state index in [4.69, 9.17) is 0 Å². The highest BCUT2D eigenvalue weighted by Gasteiger charge is 2.27. The SMILES string of the molecule is CCCC(c1cc(C(C)(C)C)c(O)cc1C)c1cc(C(C)(C)CC)c(O)cc1C. The Kier molecular flexibility index (Phi) is 6.77. The lowest BCUT2D eigenvalue weighted by Gasteiger charge is -2.30. The minimum Gasteiger partial charge on any atom is -0.508 e. The maximum absolute atomic E-state index is 10.7. The van der Waals surface area contributed by atoms with Gasteiger partial charge in [-0.05, 0) is 83.0 Å². The molecule has 29 heavy (non-hydrogen) atoms. The second kappa shape index (κ2) is 8.42. The van der Waals surface area contributed by atoms with E-state index in [-0.39, 0.29) is 16.7 Å². The van der Waals surface area contributed by atoms with Gasteiger partial charge in [-0.15, -0.1) is 0 Å². The van der Waals surface area contributed by atoms with E-state index < -0.39 is 0 Å². The van der Waals surface area contributed by atoms with Crippen molar-refractivity contribution in [3.8, 4) is 11.5 Å². The van der Waals surface area contributed by atoms with E-state index in [1.54, 1.807) is 0 Å². The Balaban J connectivity index is 2.75. The number of phenols is 2. The Morgan fingerprint density at radius 2 is 1.21 bits per heavy atom. The molecule has 2 heteroatoms. The lowest BCUT2D eigenvalue weighted by atomic mass is 9.75. The topological polar surface area (TPSA) is 40.5 Å². The van der Waals surface area contributed by atoms with Crippen molar-refractivity contribution in [1.82, 2.24) is 0 Å². The van der Waals surface area contributed by atoms with Crippen LogP contribution in [-0.4, -0.2) is 10.2 Å². The van der Waals surface area contributed by atoms with Gasteiger partial charge in [-0.3, -0.25) is 0 Å². The molecule has 1 unspecified atom stereocenters. The number of aromatic hydroxyl groups is 2. The van der Waals surface area contributed by atoms with Gasteiger partial charge < -0.3 is 10.2 Å². The van der Waals surface area contributed by atoms with Gasteiger partial charge >= 0.3 is 0 Å². The van der Waals surface area contributed by atoms with Gasteiger partial charge in [0.2, 0.25) is 0 Å². The third-order valence-electron chi connectivity index (χ3n) is 6.52. The van der Waals surface area contributed by atoms with Crippen LogP contribution in [-0.2, 0) is 10.8 Å². The lowest BCUT2D eigenvalue weighted by molar-refractivity contribution is 0.427. The summed E-state index contributed by atoms with van der Waals surface area (Å²) in [5.41, 5.74) is 6.63. The molecule has 0 fully saturated rings. The quantitative estimate of drug-likeness (QED) is 0.527. The fourth-order valence-electron chi connectivity index (χ4n) is 4.27. The van der Waals surface area contributed by atoms with E-state index in [1.165, 1.54) is 11.1 Å². The van der Waals surface area contributed by atoms with Gasteiger partial charge in [0.05, 0.1) is 0 Å². The third-order valence-corrected chi connectivity index (χ3v) is 6.52. The number of hydrogen-bond donors (Lipinski definition) is 2. The zero-order valence-corrected chi connectivity index (χ0v) is 19.9.